The van der Waals surface area contributed by atoms with E-state index in [9.17, 15) is 4.79 Å². The number of methoxy groups -OCH3 is 1. The van der Waals surface area contributed by atoms with E-state index >= 15 is 0 Å². The number of carbonyl (C=O) groups is 1. The molecule has 0 saturated carbocycles. The first-order valence-corrected chi connectivity index (χ1v) is 9.29. The van der Waals surface area contributed by atoms with Gasteiger partial charge in [0.1, 0.15) is 11.4 Å². The van der Waals surface area contributed by atoms with Gasteiger partial charge in [0.2, 0.25) is 0 Å². The van der Waals surface area contributed by atoms with Crippen molar-refractivity contribution in [2.75, 3.05) is 13.7 Å². The molecular weight excluding hydrogens is 338 g/mol. The number of rotatable bonds is 5. The number of nitrogens with zero attached hydrogens (tertiary/aromatic N) is 2. The minimum absolute atomic E-state index is 0.0232. The van der Waals surface area contributed by atoms with E-state index < -0.39 is 0 Å². The summed E-state index contributed by atoms with van der Waals surface area (Å²) < 4.78 is 5.31. The van der Waals surface area contributed by atoms with Crippen LogP contribution in [0.4, 0.5) is 0 Å². The van der Waals surface area contributed by atoms with Gasteiger partial charge in [0.05, 0.1) is 12.8 Å². The normalized spacial score (nSPS) is 16.5. The zero-order valence-corrected chi connectivity index (χ0v) is 15.4. The van der Waals surface area contributed by atoms with Crippen molar-refractivity contribution in [1.82, 2.24) is 15.1 Å². The molecule has 1 fully saturated rings. The van der Waals surface area contributed by atoms with E-state index in [0.29, 0.717) is 5.69 Å². The maximum absolute atomic E-state index is 13.0. The largest absolute Gasteiger partial charge is 0.497 e. The summed E-state index contributed by atoms with van der Waals surface area (Å²) in [6.45, 7) is 0.785. The predicted molar refractivity (Wildman–Crippen MR) is 105 cm³/mol. The number of amides is 1. The Hall–Kier alpha value is -3.08. The number of hydrogen-bond acceptors (Lipinski definition) is 3. The number of carbonyl (C=O) groups excluding carboxylic acids is 1. The summed E-state index contributed by atoms with van der Waals surface area (Å²) in [7, 11) is 1.67. The Morgan fingerprint density at radius 3 is 2.85 bits per heavy atom. The monoisotopic (exact) mass is 361 g/mol. The molecule has 1 aliphatic heterocycles. The molecule has 1 aliphatic rings. The molecule has 3 aromatic rings. The molecule has 0 aliphatic carbocycles. The lowest BCUT2D eigenvalue weighted by molar-refractivity contribution is 0.0730. The molecule has 0 spiro atoms. The van der Waals surface area contributed by atoms with E-state index in [-0.39, 0.29) is 11.9 Å². The Balaban J connectivity index is 1.50. The van der Waals surface area contributed by atoms with Gasteiger partial charge in [0, 0.05) is 18.2 Å². The molecule has 1 aromatic heterocycles. The van der Waals surface area contributed by atoms with Crippen molar-refractivity contribution >= 4 is 5.91 Å². The van der Waals surface area contributed by atoms with Crippen LogP contribution < -0.4 is 4.74 Å². The van der Waals surface area contributed by atoms with Gasteiger partial charge < -0.3 is 9.64 Å². The number of ether oxygens (including phenoxy) is 1. The lowest BCUT2D eigenvalue weighted by Crippen LogP contribution is -2.37. The van der Waals surface area contributed by atoms with E-state index in [1.807, 2.05) is 59.5 Å². The Morgan fingerprint density at radius 1 is 1.19 bits per heavy atom. The third-order valence-corrected chi connectivity index (χ3v) is 5.12. The number of likely N-dealkylation sites (tertiary alicyclic amines) is 1. The first kappa shape index (κ1) is 17.3. The molecule has 1 atom stereocenters. The van der Waals surface area contributed by atoms with E-state index in [1.165, 1.54) is 5.56 Å². The average Bonchev–Trinajstić information content (AvgIpc) is 3.38. The molecule has 2 aromatic carbocycles. The molecule has 5 nitrogen and oxygen atoms in total. The summed E-state index contributed by atoms with van der Waals surface area (Å²) in [6.07, 6.45) is 2.88. The zero-order valence-electron chi connectivity index (χ0n) is 15.4. The Labute approximate surface area is 159 Å². The van der Waals surface area contributed by atoms with E-state index in [0.717, 1.165) is 42.8 Å². The van der Waals surface area contributed by atoms with Crippen LogP contribution in [-0.2, 0) is 6.42 Å². The molecule has 5 heteroatoms. The molecule has 1 saturated heterocycles. The summed E-state index contributed by atoms with van der Waals surface area (Å²) in [4.78, 5) is 15.0. The number of hydrogen-bond donors (Lipinski definition) is 1. The summed E-state index contributed by atoms with van der Waals surface area (Å²) >= 11 is 0. The van der Waals surface area contributed by atoms with Crippen LogP contribution >= 0.6 is 0 Å². The highest BCUT2D eigenvalue weighted by Gasteiger charge is 2.30. The quantitative estimate of drug-likeness (QED) is 0.749. The lowest BCUT2D eigenvalue weighted by atomic mass is 10.0. The van der Waals surface area contributed by atoms with Crippen LogP contribution in [0.15, 0.2) is 60.7 Å². The van der Waals surface area contributed by atoms with Gasteiger partial charge in [0.25, 0.3) is 5.91 Å². The zero-order chi connectivity index (χ0) is 18.6. The van der Waals surface area contributed by atoms with Gasteiger partial charge in [-0.2, -0.15) is 5.10 Å². The number of aromatic nitrogens is 2. The van der Waals surface area contributed by atoms with E-state index in [1.54, 1.807) is 7.11 Å². The molecule has 1 amide bonds. The molecule has 138 valence electrons. The highest BCUT2D eigenvalue weighted by atomic mass is 16.5. The van der Waals surface area contributed by atoms with Crippen molar-refractivity contribution in [3.05, 3.63) is 71.9 Å². The Kier molecular flexibility index (Phi) is 4.92. The van der Waals surface area contributed by atoms with Crippen molar-refractivity contribution in [2.45, 2.75) is 25.3 Å². The molecule has 0 radical (unpaired) electrons. The van der Waals surface area contributed by atoms with Crippen LogP contribution in [0, 0.1) is 0 Å². The van der Waals surface area contributed by atoms with Gasteiger partial charge in [-0.05, 0) is 43.0 Å². The summed E-state index contributed by atoms with van der Waals surface area (Å²) in [5.74, 6) is 0.875. The lowest BCUT2D eigenvalue weighted by Gasteiger charge is -2.24. The molecule has 2 heterocycles. The van der Waals surface area contributed by atoms with Gasteiger partial charge in [-0.15, -0.1) is 0 Å². The second-order valence-electron chi connectivity index (χ2n) is 6.88. The van der Waals surface area contributed by atoms with Crippen LogP contribution in [0.5, 0.6) is 5.75 Å². The maximum atomic E-state index is 13.0. The number of nitrogens with one attached hydrogen (secondary N) is 1. The van der Waals surface area contributed by atoms with Gasteiger partial charge in [-0.25, -0.2) is 0 Å². The van der Waals surface area contributed by atoms with Gasteiger partial charge in [-0.3, -0.25) is 9.89 Å². The molecular formula is C22H23N3O2. The highest BCUT2D eigenvalue weighted by molar-refractivity contribution is 5.93. The van der Waals surface area contributed by atoms with Crippen LogP contribution in [0.1, 0.15) is 28.9 Å². The smallest absolute Gasteiger partial charge is 0.272 e. The summed E-state index contributed by atoms with van der Waals surface area (Å²) in [5, 5.41) is 7.24. The minimum Gasteiger partial charge on any atom is -0.497 e. The van der Waals surface area contributed by atoms with Crippen LogP contribution in [-0.4, -0.2) is 40.7 Å². The third kappa shape index (κ3) is 3.72. The van der Waals surface area contributed by atoms with Crippen LogP contribution in [0.25, 0.3) is 11.3 Å². The first-order valence-electron chi connectivity index (χ1n) is 9.29. The second kappa shape index (κ2) is 7.66. The van der Waals surface area contributed by atoms with Crippen molar-refractivity contribution in [3.8, 4) is 17.0 Å². The van der Waals surface area contributed by atoms with Gasteiger partial charge in [0.15, 0.2) is 0 Å². The second-order valence-corrected chi connectivity index (χ2v) is 6.88. The topological polar surface area (TPSA) is 58.2 Å². The van der Waals surface area contributed by atoms with E-state index in [2.05, 4.69) is 16.3 Å². The van der Waals surface area contributed by atoms with Crippen LogP contribution in [0.2, 0.25) is 0 Å². The van der Waals surface area contributed by atoms with Crippen molar-refractivity contribution in [3.63, 3.8) is 0 Å². The van der Waals surface area contributed by atoms with Gasteiger partial charge in [-0.1, -0.05) is 42.5 Å². The summed E-state index contributed by atoms with van der Waals surface area (Å²) in [5.41, 5.74) is 3.53. The highest BCUT2D eigenvalue weighted by Crippen LogP contribution is 2.25. The predicted octanol–water partition coefficient (Wildman–Crippen LogP) is 3.93. The minimum atomic E-state index is 0.0232. The molecule has 1 N–H and O–H groups in total. The molecule has 4 rings (SSSR count). The van der Waals surface area contributed by atoms with Gasteiger partial charge >= 0.3 is 0 Å². The number of benzene rings is 2. The maximum Gasteiger partial charge on any atom is 0.272 e. The average molecular weight is 361 g/mol. The fourth-order valence-corrected chi connectivity index (χ4v) is 3.73. The molecule has 0 bridgehead atoms. The standard InChI is InChI=1S/C22H23N3O2/c1-27-19-11-5-7-16(14-19)13-18-10-6-12-25(18)22(26)21-15-20(23-24-21)17-8-3-2-4-9-17/h2-5,7-9,11,14-15,18H,6,10,12-13H2,1H3,(H,23,24). The molecule has 27 heavy (non-hydrogen) atoms. The fourth-order valence-electron chi connectivity index (χ4n) is 3.73. The van der Waals surface area contributed by atoms with Crippen molar-refractivity contribution < 1.29 is 9.53 Å². The Morgan fingerprint density at radius 2 is 2.04 bits per heavy atom. The number of aromatic amines is 1. The van der Waals surface area contributed by atoms with E-state index in [4.69, 9.17) is 4.74 Å². The summed E-state index contributed by atoms with van der Waals surface area (Å²) in [6, 6.07) is 20.0. The fraction of sp³-hybridized carbons (Fsp3) is 0.273. The first-order chi connectivity index (χ1) is 13.2. The molecule has 1 unspecified atom stereocenters. The van der Waals surface area contributed by atoms with Crippen LogP contribution in [0.3, 0.4) is 0 Å². The van der Waals surface area contributed by atoms with Crippen molar-refractivity contribution in [2.24, 2.45) is 0 Å². The third-order valence-electron chi connectivity index (χ3n) is 5.12. The van der Waals surface area contributed by atoms with Crippen molar-refractivity contribution in [1.29, 1.82) is 0 Å². The SMILES string of the molecule is COc1cccc(CC2CCCN2C(=O)c2cc(-c3ccccc3)n[nH]2)c1. The number of H-pyrrole nitrogens is 1. The Bertz CT molecular complexity index is 920.